The minimum absolute atomic E-state index is 0.257. The number of aromatic nitrogens is 1. The Balaban J connectivity index is 2.20. The van der Waals surface area contributed by atoms with Crippen molar-refractivity contribution in [2.45, 2.75) is 33.7 Å². The molecular formula is C16H20FN3OS. The van der Waals surface area contributed by atoms with Gasteiger partial charge in [0.05, 0.1) is 11.7 Å². The molecule has 1 amide bonds. The van der Waals surface area contributed by atoms with Crippen LogP contribution in [0.25, 0.3) is 11.3 Å². The van der Waals surface area contributed by atoms with E-state index in [1.54, 1.807) is 12.1 Å². The topological polar surface area (TPSA) is 68.0 Å². The molecule has 1 aromatic heterocycles. The van der Waals surface area contributed by atoms with Crippen LogP contribution in [0.2, 0.25) is 0 Å². The molecular weight excluding hydrogens is 301 g/mol. The van der Waals surface area contributed by atoms with Crippen LogP contribution in [0.4, 0.5) is 9.52 Å². The number of nitrogens with two attached hydrogens (primary N) is 1. The van der Waals surface area contributed by atoms with E-state index in [0.717, 1.165) is 16.1 Å². The van der Waals surface area contributed by atoms with Crippen LogP contribution in [-0.2, 0) is 4.79 Å². The number of hydrogen-bond acceptors (Lipinski definition) is 4. The van der Waals surface area contributed by atoms with E-state index < -0.39 is 6.04 Å². The zero-order chi connectivity index (χ0) is 16.5. The number of nitrogens with zero attached hydrogens (tertiary/aromatic N) is 1. The van der Waals surface area contributed by atoms with Crippen molar-refractivity contribution in [1.29, 1.82) is 0 Å². The van der Waals surface area contributed by atoms with Gasteiger partial charge in [0.2, 0.25) is 5.91 Å². The standard InChI is InChI=1S/C16H20FN3OS/c1-9-12(10-5-7-11(17)8-6-10)19-15(22-9)20-14(21)13(18)16(2,3)4/h5-8,13H,18H2,1-4H3,(H,19,20,21)/t13-/m1/s1. The van der Waals surface area contributed by atoms with Crippen LogP contribution in [0.15, 0.2) is 24.3 Å². The molecule has 0 aliphatic heterocycles. The highest BCUT2D eigenvalue weighted by Crippen LogP contribution is 2.31. The molecule has 1 aromatic carbocycles. The zero-order valence-electron chi connectivity index (χ0n) is 13.1. The molecule has 0 fully saturated rings. The van der Waals surface area contributed by atoms with Gasteiger partial charge in [-0.25, -0.2) is 9.37 Å². The third-order valence-corrected chi connectivity index (χ3v) is 4.25. The van der Waals surface area contributed by atoms with Crippen molar-refractivity contribution in [3.05, 3.63) is 35.0 Å². The van der Waals surface area contributed by atoms with E-state index in [9.17, 15) is 9.18 Å². The average molecular weight is 321 g/mol. The van der Waals surface area contributed by atoms with Crippen LogP contribution >= 0.6 is 11.3 Å². The number of halogens is 1. The predicted molar refractivity (Wildman–Crippen MR) is 88.3 cm³/mol. The van der Waals surface area contributed by atoms with Gasteiger partial charge in [-0.05, 0) is 36.6 Å². The summed E-state index contributed by atoms with van der Waals surface area (Å²) < 4.78 is 13.0. The molecule has 118 valence electrons. The Hall–Kier alpha value is -1.79. The summed E-state index contributed by atoms with van der Waals surface area (Å²) in [7, 11) is 0. The van der Waals surface area contributed by atoms with Crippen molar-refractivity contribution in [2.75, 3.05) is 5.32 Å². The maximum absolute atomic E-state index is 13.0. The van der Waals surface area contributed by atoms with Crippen molar-refractivity contribution < 1.29 is 9.18 Å². The maximum Gasteiger partial charge on any atom is 0.243 e. The van der Waals surface area contributed by atoms with Gasteiger partial charge in [0.15, 0.2) is 5.13 Å². The molecule has 22 heavy (non-hydrogen) atoms. The summed E-state index contributed by atoms with van der Waals surface area (Å²) in [6.45, 7) is 7.65. The van der Waals surface area contributed by atoms with Crippen molar-refractivity contribution in [3.63, 3.8) is 0 Å². The highest BCUT2D eigenvalue weighted by Gasteiger charge is 2.28. The van der Waals surface area contributed by atoms with Gasteiger partial charge in [-0.3, -0.25) is 4.79 Å². The fourth-order valence-electron chi connectivity index (χ4n) is 1.90. The molecule has 0 saturated carbocycles. The molecule has 6 heteroatoms. The number of thiazole rings is 1. The van der Waals surface area contributed by atoms with E-state index in [-0.39, 0.29) is 17.1 Å². The zero-order valence-corrected chi connectivity index (χ0v) is 13.9. The highest BCUT2D eigenvalue weighted by atomic mass is 32.1. The Morgan fingerprint density at radius 3 is 2.45 bits per heavy atom. The molecule has 0 bridgehead atoms. The fraction of sp³-hybridized carbons (Fsp3) is 0.375. The third-order valence-electron chi connectivity index (χ3n) is 3.36. The second kappa shape index (κ2) is 6.14. The Morgan fingerprint density at radius 2 is 1.91 bits per heavy atom. The summed E-state index contributed by atoms with van der Waals surface area (Å²) in [5.74, 6) is -0.548. The molecule has 4 nitrogen and oxygen atoms in total. The van der Waals surface area contributed by atoms with Gasteiger partial charge in [0, 0.05) is 10.4 Å². The number of carbonyl (C=O) groups excluding carboxylic acids is 1. The van der Waals surface area contributed by atoms with E-state index in [1.165, 1.54) is 23.5 Å². The second-order valence-corrected chi connectivity index (χ2v) is 7.47. The van der Waals surface area contributed by atoms with Crippen LogP contribution in [-0.4, -0.2) is 16.9 Å². The average Bonchev–Trinajstić information content (AvgIpc) is 2.78. The van der Waals surface area contributed by atoms with Gasteiger partial charge >= 0.3 is 0 Å². The quantitative estimate of drug-likeness (QED) is 0.908. The van der Waals surface area contributed by atoms with E-state index in [0.29, 0.717) is 5.13 Å². The molecule has 0 unspecified atom stereocenters. The molecule has 1 atom stereocenters. The summed E-state index contributed by atoms with van der Waals surface area (Å²) >= 11 is 1.38. The highest BCUT2D eigenvalue weighted by molar-refractivity contribution is 7.16. The second-order valence-electron chi connectivity index (χ2n) is 6.26. The lowest BCUT2D eigenvalue weighted by atomic mass is 9.87. The minimum atomic E-state index is -0.619. The Kier molecular flexibility index (Phi) is 4.63. The SMILES string of the molecule is Cc1sc(NC(=O)[C@@H](N)C(C)(C)C)nc1-c1ccc(F)cc1. The largest absolute Gasteiger partial charge is 0.319 e. The normalized spacial score (nSPS) is 13.0. The lowest BCUT2D eigenvalue weighted by molar-refractivity contribution is -0.119. The van der Waals surface area contributed by atoms with Gasteiger partial charge in [-0.2, -0.15) is 0 Å². The van der Waals surface area contributed by atoms with Crippen LogP contribution in [0, 0.1) is 18.2 Å². The molecule has 0 saturated heterocycles. The first-order chi connectivity index (χ1) is 10.2. The van der Waals surface area contributed by atoms with Gasteiger partial charge in [0.25, 0.3) is 0 Å². The van der Waals surface area contributed by atoms with Gasteiger partial charge in [-0.15, -0.1) is 11.3 Å². The van der Waals surface area contributed by atoms with E-state index >= 15 is 0 Å². The number of rotatable bonds is 3. The predicted octanol–water partition coefficient (Wildman–Crippen LogP) is 3.57. The number of nitrogens with one attached hydrogen (secondary N) is 1. The molecule has 0 radical (unpaired) electrons. The first kappa shape index (κ1) is 16.6. The number of amides is 1. The Bertz CT molecular complexity index is 674. The summed E-state index contributed by atoms with van der Waals surface area (Å²) in [6.07, 6.45) is 0. The summed E-state index contributed by atoms with van der Waals surface area (Å²) in [5.41, 5.74) is 7.17. The summed E-state index contributed by atoms with van der Waals surface area (Å²) in [5, 5.41) is 3.26. The van der Waals surface area contributed by atoms with Crippen LogP contribution in [0.3, 0.4) is 0 Å². The van der Waals surface area contributed by atoms with Crippen LogP contribution in [0.1, 0.15) is 25.6 Å². The first-order valence-corrected chi connectivity index (χ1v) is 7.80. The van der Waals surface area contributed by atoms with Gasteiger partial charge in [-0.1, -0.05) is 20.8 Å². The Labute approximate surface area is 133 Å². The number of anilines is 1. The first-order valence-electron chi connectivity index (χ1n) is 6.98. The lowest BCUT2D eigenvalue weighted by Crippen LogP contribution is -2.45. The van der Waals surface area contributed by atoms with Crippen LogP contribution in [0.5, 0.6) is 0 Å². The number of aryl methyl sites for hydroxylation is 1. The molecule has 0 aliphatic rings. The summed E-state index contributed by atoms with van der Waals surface area (Å²) in [6, 6.07) is 5.50. The minimum Gasteiger partial charge on any atom is -0.319 e. The number of hydrogen-bond donors (Lipinski definition) is 2. The smallest absolute Gasteiger partial charge is 0.243 e. The molecule has 0 spiro atoms. The van der Waals surface area contributed by atoms with Crippen LogP contribution < -0.4 is 11.1 Å². The monoisotopic (exact) mass is 321 g/mol. The van der Waals surface area contributed by atoms with E-state index in [1.807, 2.05) is 27.7 Å². The molecule has 0 aliphatic carbocycles. The van der Waals surface area contributed by atoms with E-state index in [4.69, 9.17) is 5.73 Å². The number of benzene rings is 1. The molecule has 2 rings (SSSR count). The molecule has 2 aromatic rings. The third kappa shape index (κ3) is 3.69. The Morgan fingerprint density at radius 1 is 1.32 bits per heavy atom. The van der Waals surface area contributed by atoms with Gasteiger partial charge in [0.1, 0.15) is 5.82 Å². The van der Waals surface area contributed by atoms with Gasteiger partial charge < -0.3 is 11.1 Å². The number of carbonyl (C=O) groups is 1. The fourth-order valence-corrected chi connectivity index (χ4v) is 2.74. The van der Waals surface area contributed by atoms with Crippen molar-refractivity contribution in [3.8, 4) is 11.3 Å². The lowest BCUT2D eigenvalue weighted by Gasteiger charge is -2.25. The summed E-state index contributed by atoms with van der Waals surface area (Å²) in [4.78, 5) is 17.5. The maximum atomic E-state index is 13.0. The molecule has 3 N–H and O–H groups in total. The molecule has 1 heterocycles. The van der Waals surface area contributed by atoms with Crippen molar-refractivity contribution >= 4 is 22.4 Å². The van der Waals surface area contributed by atoms with E-state index in [2.05, 4.69) is 10.3 Å². The van der Waals surface area contributed by atoms with Crippen molar-refractivity contribution in [2.24, 2.45) is 11.1 Å². The van der Waals surface area contributed by atoms with Crippen molar-refractivity contribution in [1.82, 2.24) is 4.98 Å².